The van der Waals surface area contributed by atoms with Gasteiger partial charge < -0.3 is 19.7 Å². The van der Waals surface area contributed by atoms with E-state index in [0.29, 0.717) is 31.4 Å². The maximum absolute atomic E-state index is 15.0. The lowest BCUT2D eigenvalue weighted by Crippen LogP contribution is -2.18. The Kier molecular flexibility index (Phi) is 15.2. The minimum atomic E-state index is -0.638. The highest BCUT2D eigenvalue weighted by Gasteiger charge is 2.14. The molecule has 0 radical (unpaired) electrons. The predicted octanol–water partition coefficient (Wildman–Crippen LogP) is 6.13. The number of aliphatic hydroxyl groups is 2. The van der Waals surface area contributed by atoms with Gasteiger partial charge in [0.15, 0.2) is 0 Å². The molecule has 0 spiro atoms. The van der Waals surface area contributed by atoms with E-state index in [1.165, 1.54) is 24.8 Å². The maximum Gasteiger partial charge on any atom is 0.335 e. The van der Waals surface area contributed by atoms with Gasteiger partial charge >= 0.3 is 11.9 Å². The zero-order valence-electron chi connectivity index (χ0n) is 24.1. The van der Waals surface area contributed by atoms with Gasteiger partial charge in [-0.15, -0.1) is 0 Å². The maximum atomic E-state index is 15.0. The zero-order chi connectivity index (χ0) is 29.3. The van der Waals surface area contributed by atoms with Crippen molar-refractivity contribution in [3.63, 3.8) is 0 Å². The molecule has 7 heteroatoms. The summed E-state index contributed by atoms with van der Waals surface area (Å²) in [6, 6.07) is 11.6. The number of halogens is 1. The Morgan fingerprint density at radius 1 is 0.875 bits per heavy atom. The average Bonchev–Trinajstić information content (AvgIpc) is 2.96. The summed E-state index contributed by atoms with van der Waals surface area (Å²) in [6.07, 6.45) is 9.08. The number of esters is 2. The van der Waals surface area contributed by atoms with E-state index in [0.717, 1.165) is 42.4 Å². The molecule has 0 saturated heterocycles. The summed E-state index contributed by atoms with van der Waals surface area (Å²) in [5, 5.41) is 18.0. The molecule has 0 aliphatic heterocycles. The van der Waals surface area contributed by atoms with Gasteiger partial charge in [-0.3, -0.25) is 4.79 Å². The number of aliphatic hydroxyl groups excluding tert-OH is 2. The number of benzene rings is 2. The summed E-state index contributed by atoms with van der Waals surface area (Å²) in [5.74, 6) is -1.83. The van der Waals surface area contributed by atoms with E-state index in [-0.39, 0.29) is 30.6 Å². The number of hydrogen-bond donors (Lipinski definition) is 2. The molecular weight excluding hydrogens is 511 g/mol. The number of aryl methyl sites for hydroxylation is 3. The van der Waals surface area contributed by atoms with E-state index < -0.39 is 18.5 Å². The normalized spacial score (nSPS) is 11.7. The first-order chi connectivity index (χ1) is 19.3. The topological polar surface area (TPSA) is 93.1 Å². The van der Waals surface area contributed by atoms with Crippen molar-refractivity contribution >= 4 is 11.9 Å². The first kappa shape index (κ1) is 33.2. The first-order valence-electron chi connectivity index (χ1n) is 14.4. The van der Waals surface area contributed by atoms with Crippen molar-refractivity contribution in [1.29, 1.82) is 0 Å². The van der Waals surface area contributed by atoms with Crippen LogP contribution >= 0.6 is 0 Å². The molecule has 2 aromatic rings. The van der Waals surface area contributed by atoms with Crippen molar-refractivity contribution in [1.82, 2.24) is 0 Å². The van der Waals surface area contributed by atoms with Crippen LogP contribution in [0, 0.1) is 11.7 Å². The molecule has 1 atom stereocenters. The van der Waals surface area contributed by atoms with Gasteiger partial charge in [-0.1, -0.05) is 69.5 Å². The summed E-state index contributed by atoms with van der Waals surface area (Å²) in [5.41, 5.74) is 4.73. The quantitative estimate of drug-likeness (QED) is 0.123. The van der Waals surface area contributed by atoms with Gasteiger partial charge in [0.25, 0.3) is 0 Å². The van der Waals surface area contributed by atoms with Crippen LogP contribution in [0.25, 0.3) is 11.1 Å². The fourth-order valence-electron chi connectivity index (χ4n) is 4.39. The van der Waals surface area contributed by atoms with Crippen LogP contribution in [0.4, 0.5) is 4.39 Å². The van der Waals surface area contributed by atoms with E-state index in [4.69, 9.17) is 19.7 Å². The minimum Gasteiger partial charge on any atom is -0.465 e. The summed E-state index contributed by atoms with van der Waals surface area (Å²) in [6.45, 7) is 7.03. The molecule has 0 fully saturated rings. The lowest BCUT2D eigenvalue weighted by atomic mass is 9.92. The van der Waals surface area contributed by atoms with Crippen LogP contribution in [-0.2, 0) is 38.3 Å². The molecule has 6 nitrogen and oxygen atoms in total. The first-order valence-corrected chi connectivity index (χ1v) is 14.4. The van der Waals surface area contributed by atoms with Gasteiger partial charge in [0, 0.05) is 0 Å². The van der Waals surface area contributed by atoms with Gasteiger partial charge in [-0.2, -0.15) is 0 Å². The van der Waals surface area contributed by atoms with E-state index in [9.17, 15) is 9.59 Å². The van der Waals surface area contributed by atoms with Crippen molar-refractivity contribution in [2.75, 3.05) is 26.4 Å². The van der Waals surface area contributed by atoms with E-state index >= 15 is 4.39 Å². The fourth-order valence-corrected chi connectivity index (χ4v) is 4.39. The van der Waals surface area contributed by atoms with Crippen LogP contribution in [0.5, 0.6) is 0 Å². The van der Waals surface area contributed by atoms with E-state index in [2.05, 4.69) is 31.7 Å². The van der Waals surface area contributed by atoms with Crippen LogP contribution in [-0.4, -0.2) is 48.6 Å². The molecule has 2 aromatic carbocycles. The molecule has 220 valence electrons. The van der Waals surface area contributed by atoms with Crippen molar-refractivity contribution in [2.45, 2.75) is 78.1 Å². The smallest absolute Gasteiger partial charge is 0.335 e. The fraction of sp³-hybridized carbons (Fsp3) is 0.515. The standard InChI is InChI=1S/C33H45FO6/c1-4-5-6-7-8-12-28-20-26(11-9-18-39-32(37)24(2)22-35)14-17-30(28)29-16-15-27(31(34)21-29)13-10-19-40-33(38)25(3)23-36/h14-17,20-21,24,35-36H,3-13,18-19,22-23H2,1-2H3. The Morgan fingerprint density at radius 2 is 1.57 bits per heavy atom. The van der Waals surface area contributed by atoms with E-state index in [1.54, 1.807) is 19.1 Å². The average molecular weight is 557 g/mol. The highest BCUT2D eigenvalue weighted by molar-refractivity contribution is 5.87. The Balaban J connectivity index is 2.07. The second-order valence-electron chi connectivity index (χ2n) is 10.3. The van der Waals surface area contributed by atoms with E-state index in [1.807, 2.05) is 6.07 Å². The molecule has 0 amide bonds. The molecule has 0 aliphatic carbocycles. The SMILES string of the molecule is C=C(CO)C(=O)OCCCc1ccc(-c2ccc(CCCOC(=O)C(C)CO)cc2CCCCCCC)cc1F. The lowest BCUT2D eigenvalue weighted by Gasteiger charge is -2.14. The number of unbranched alkanes of at least 4 members (excludes halogenated alkanes) is 4. The molecule has 0 bridgehead atoms. The molecule has 0 saturated carbocycles. The van der Waals surface area contributed by atoms with Crippen molar-refractivity contribution in [3.8, 4) is 11.1 Å². The van der Waals surface area contributed by atoms with Crippen molar-refractivity contribution < 1.29 is 33.7 Å². The third kappa shape index (κ3) is 11.2. The third-order valence-electron chi connectivity index (χ3n) is 6.92. The van der Waals surface area contributed by atoms with Gasteiger partial charge in [0.2, 0.25) is 0 Å². The van der Waals surface area contributed by atoms with Crippen LogP contribution in [0.15, 0.2) is 48.6 Å². The van der Waals surface area contributed by atoms with Gasteiger partial charge in [-0.25, -0.2) is 9.18 Å². The Hall–Kier alpha value is -3.03. The van der Waals surface area contributed by atoms with Crippen LogP contribution in [0.3, 0.4) is 0 Å². The van der Waals surface area contributed by atoms with Crippen molar-refractivity contribution in [3.05, 3.63) is 71.1 Å². The summed E-state index contributed by atoms with van der Waals surface area (Å²) in [7, 11) is 0. The molecule has 40 heavy (non-hydrogen) atoms. The summed E-state index contributed by atoms with van der Waals surface area (Å²) >= 11 is 0. The Morgan fingerprint density at radius 3 is 2.27 bits per heavy atom. The molecule has 0 aliphatic rings. The molecule has 2 N–H and O–H groups in total. The van der Waals surface area contributed by atoms with Crippen LogP contribution in [0.2, 0.25) is 0 Å². The number of rotatable bonds is 19. The molecule has 0 heterocycles. The number of carbonyl (C=O) groups is 2. The summed E-state index contributed by atoms with van der Waals surface area (Å²) in [4.78, 5) is 23.4. The van der Waals surface area contributed by atoms with Crippen molar-refractivity contribution in [2.24, 2.45) is 5.92 Å². The molecule has 2 rings (SSSR count). The second-order valence-corrected chi connectivity index (χ2v) is 10.3. The van der Waals surface area contributed by atoms with Crippen LogP contribution in [0.1, 0.15) is 75.5 Å². The molecular formula is C33H45FO6. The number of ether oxygens (including phenoxy) is 2. The largest absolute Gasteiger partial charge is 0.465 e. The number of carbonyl (C=O) groups excluding carboxylic acids is 2. The second kappa shape index (κ2) is 18.3. The summed E-state index contributed by atoms with van der Waals surface area (Å²) < 4.78 is 25.3. The minimum absolute atomic E-state index is 0.00108. The highest BCUT2D eigenvalue weighted by Crippen LogP contribution is 2.29. The predicted molar refractivity (Wildman–Crippen MR) is 155 cm³/mol. The van der Waals surface area contributed by atoms with Gasteiger partial charge in [0.05, 0.1) is 37.9 Å². The zero-order valence-corrected chi connectivity index (χ0v) is 24.1. The van der Waals surface area contributed by atoms with Gasteiger partial charge in [0.1, 0.15) is 5.82 Å². The highest BCUT2D eigenvalue weighted by atomic mass is 19.1. The monoisotopic (exact) mass is 556 g/mol. The Labute approximate surface area is 238 Å². The third-order valence-corrected chi connectivity index (χ3v) is 6.92. The Bertz CT molecular complexity index is 1100. The van der Waals surface area contributed by atoms with Crippen LogP contribution < -0.4 is 0 Å². The molecule has 1 unspecified atom stereocenters. The lowest BCUT2D eigenvalue weighted by molar-refractivity contribution is -0.149. The number of hydrogen-bond acceptors (Lipinski definition) is 6. The van der Waals surface area contributed by atoms with Gasteiger partial charge in [-0.05, 0) is 79.3 Å². The molecule has 0 aromatic heterocycles.